The molecule has 0 unspecified atom stereocenters. The fourth-order valence-electron chi connectivity index (χ4n) is 3.07. The van der Waals surface area contributed by atoms with Crippen molar-refractivity contribution >= 4 is 22.8 Å². The Kier molecular flexibility index (Phi) is 6.95. The van der Waals surface area contributed by atoms with Gasteiger partial charge in [-0.1, -0.05) is 24.3 Å². The molecule has 3 aromatic rings. The number of nitrogens with one attached hydrogen (secondary N) is 1. The molecule has 1 amide bonds. The third-order valence-electron chi connectivity index (χ3n) is 4.68. The van der Waals surface area contributed by atoms with Crippen LogP contribution in [0.1, 0.15) is 30.7 Å². The van der Waals surface area contributed by atoms with Crippen molar-refractivity contribution in [1.29, 1.82) is 0 Å². The van der Waals surface area contributed by atoms with Crippen LogP contribution in [0.4, 0.5) is 0 Å². The van der Waals surface area contributed by atoms with Gasteiger partial charge in [0.2, 0.25) is 0 Å². The second-order valence-corrected chi connectivity index (χ2v) is 6.83. The molecule has 0 spiro atoms. The van der Waals surface area contributed by atoms with Crippen LogP contribution >= 0.6 is 0 Å². The quantitative estimate of drug-likeness (QED) is 0.539. The van der Waals surface area contributed by atoms with Crippen molar-refractivity contribution in [3.8, 4) is 11.5 Å². The molecule has 30 heavy (non-hydrogen) atoms. The lowest BCUT2D eigenvalue weighted by Gasteiger charge is -2.12. The molecule has 0 radical (unpaired) electrons. The normalized spacial score (nSPS) is 11.7. The van der Waals surface area contributed by atoms with Gasteiger partial charge in [0.05, 0.1) is 20.3 Å². The Bertz CT molecular complexity index is 992. The summed E-state index contributed by atoms with van der Waals surface area (Å²) in [6, 6.07) is 14.6. The molecular formula is C23H25NO6. The minimum Gasteiger partial charge on any atom is -0.493 e. The molecule has 0 aliphatic heterocycles. The Hall–Kier alpha value is -3.48. The highest BCUT2D eigenvalue weighted by Crippen LogP contribution is 2.28. The lowest BCUT2D eigenvalue weighted by Crippen LogP contribution is -2.31. The molecule has 1 heterocycles. The molecule has 158 valence electrons. The van der Waals surface area contributed by atoms with Crippen LogP contribution in [0, 0.1) is 0 Å². The van der Waals surface area contributed by atoms with Gasteiger partial charge in [-0.15, -0.1) is 0 Å². The molecular weight excluding hydrogens is 386 g/mol. The summed E-state index contributed by atoms with van der Waals surface area (Å²) in [4.78, 5) is 24.1. The fraction of sp³-hybridized carbons (Fsp3) is 0.304. The molecule has 0 saturated heterocycles. The first-order valence-electron chi connectivity index (χ1n) is 9.64. The third kappa shape index (κ3) is 5.31. The number of amides is 1. The largest absolute Gasteiger partial charge is 0.493 e. The highest BCUT2D eigenvalue weighted by atomic mass is 16.5. The number of ether oxygens (including phenoxy) is 3. The topological polar surface area (TPSA) is 87.0 Å². The fourth-order valence-corrected chi connectivity index (χ4v) is 3.07. The number of aryl methyl sites for hydroxylation is 1. The monoisotopic (exact) mass is 411 g/mol. The van der Waals surface area contributed by atoms with Gasteiger partial charge >= 0.3 is 5.97 Å². The molecule has 0 bridgehead atoms. The maximum Gasteiger partial charge on any atom is 0.306 e. The first-order valence-corrected chi connectivity index (χ1v) is 9.64. The minimum atomic E-state index is -0.448. The van der Waals surface area contributed by atoms with E-state index in [1.807, 2.05) is 49.4 Å². The zero-order valence-corrected chi connectivity index (χ0v) is 17.3. The number of carbonyl (C=O) groups is 2. The Morgan fingerprint density at radius 2 is 1.80 bits per heavy atom. The van der Waals surface area contributed by atoms with E-state index in [1.165, 1.54) is 0 Å². The van der Waals surface area contributed by atoms with E-state index in [-0.39, 0.29) is 25.0 Å². The van der Waals surface area contributed by atoms with Gasteiger partial charge in [-0.05, 0) is 43.2 Å². The van der Waals surface area contributed by atoms with Crippen molar-refractivity contribution in [2.24, 2.45) is 0 Å². The summed E-state index contributed by atoms with van der Waals surface area (Å²) in [7, 11) is 3.12. The van der Waals surface area contributed by atoms with Crippen molar-refractivity contribution in [2.45, 2.75) is 25.8 Å². The molecule has 1 aromatic heterocycles. The van der Waals surface area contributed by atoms with Crippen LogP contribution in [0.3, 0.4) is 0 Å². The van der Waals surface area contributed by atoms with Crippen LogP contribution in [0.5, 0.6) is 11.5 Å². The number of carbonyl (C=O) groups excluding carboxylic acids is 2. The molecule has 1 N–H and O–H groups in total. The summed E-state index contributed by atoms with van der Waals surface area (Å²) < 4.78 is 21.3. The first kappa shape index (κ1) is 21.2. The van der Waals surface area contributed by atoms with Gasteiger partial charge in [-0.2, -0.15) is 0 Å². The Morgan fingerprint density at radius 3 is 2.53 bits per heavy atom. The zero-order chi connectivity index (χ0) is 21.5. The number of hydrogen-bond donors (Lipinski definition) is 1. The number of fused-ring (bicyclic) bond motifs is 1. The molecule has 7 nitrogen and oxygen atoms in total. The van der Waals surface area contributed by atoms with Crippen LogP contribution in [0.2, 0.25) is 0 Å². The van der Waals surface area contributed by atoms with Gasteiger partial charge in [0.15, 0.2) is 18.1 Å². The smallest absolute Gasteiger partial charge is 0.306 e. The van der Waals surface area contributed by atoms with E-state index in [1.54, 1.807) is 20.3 Å². The molecule has 0 aliphatic rings. The Balaban J connectivity index is 1.44. The number of furan rings is 1. The minimum absolute atomic E-state index is 0.155. The third-order valence-corrected chi connectivity index (χ3v) is 4.68. The van der Waals surface area contributed by atoms with Gasteiger partial charge < -0.3 is 23.9 Å². The number of benzene rings is 2. The van der Waals surface area contributed by atoms with Crippen molar-refractivity contribution in [3.63, 3.8) is 0 Å². The molecule has 2 aromatic carbocycles. The zero-order valence-electron chi connectivity index (χ0n) is 17.3. The van der Waals surface area contributed by atoms with Crippen LogP contribution < -0.4 is 14.8 Å². The van der Waals surface area contributed by atoms with Gasteiger partial charge in [-0.25, -0.2) is 0 Å². The van der Waals surface area contributed by atoms with E-state index in [9.17, 15) is 9.59 Å². The predicted molar refractivity (Wildman–Crippen MR) is 112 cm³/mol. The maximum atomic E-state index is 12.1. The van der Waals surface area contributed by atoms with E-state index < -0.39 is 5.97 Å². The Morgan fingerprint density at radius 1 is 1.03 bits per heavy atom. The second-order valence-electron chi connectivity index (χ2n) is 6.83. The molecule has 0 fully saturated rings. The number of para-hydroxylation sites is 1. The first-order chi connectivity index (χ1) is 14.5. The average Bonchev–Trinajstić information content (AvgIpc) is 3.20. The number of rotatable bonds is 9. The van der Waals surface area contributed by atoms with Crippen molar-refractivity contribution < 1.29 is 28.2 Å². The molecule has 7 heteroatoms. The van der Waals surface area contributed by atoms with Crippen molar-refractivity contribution in [2.75, 3.05) is 20.8 Å². The predicted octanol–water partition coefficient (Wildman–Crippen LogP) is 3.80. The number of esters is 1. The Labute approximate surface area is 174 Å². The van der Waals surface area contributed by atoms with E-state index >= 15 is 0 Å². The van der Waals surface area contributed by atoms with Crippen molar-refractivity contribution in [1.82, 2.24) is 5.32 Å². The molecule has 1 atom stereocenters. The summed E-state index contributed by atoms with van der Waals surface area (Å²) in [5.41, 5.74) is 1.67. The molecule has 0 saturated carbocycles. The van der Waals surface area contributed by atoms with Gasteiger partial charge in [-0.3, -0.25) is 9.59 Å². The highest BCUT2D eigenvalue weighted by molar-refractivity contribution is 5.81. The number of hydrogen-bond acceptors (Lipinski definition) is 6. The van der Waals surface area contributed by atoms with Gasteiger partial charge in [0.25, 0.3) is 5.91 Å². The van der Waals surface area contributed by atoms with Gasteiger partial charge in [0, 0.05) is 11.8 Å². The highest BCUT2D eigenvalue weighted by Gasteiger charge is 2.15. The van der Waals surface area contributed by atoms with Crippen LogP contribution in [0.25, 0.3) is 11.0 Å². The van der Waals surface area contributed by atoms with Crippen LogP contribution in [-0.2, 0) is 20.7 Å². The lowest BCUT2D eigenvalue weighted by atomic mass is 10.1. The summed E-state index contributed by atoms with van der Waals surface area (Å²) in [6.07, 6.45) is 0.623. The summed E-state index contributed by atoms with van der Waals surface area (Å²) in [5, 5.41) is 3.74. The van der Waals surface area contributed by atoms with Crippen LogP contribution in [-0.4, -0.2) is 32.7 Å². The maximum absolute atomic E-state index is 12.1. The summed E-state index contributed by atoms with van der Waals surface area (Å²) in [6.45, 7) is 1.48. The average molecular weight is 411 g/mol. The molecule has 3 rings (SSSR count). The van der Waals surface area contributed by atoms with Gasteiger partial charge in [0.1, 0.15) is 11.3 Å². The lowest BCUT2D eigenvalue weighted by molar-refractivity contribution is -0.148. The van der Waals surface area contributed by atoms with Crippen LogP contribution in [0.15, 0.2) is 52.9 Å². The summed E-state index contributed by atoms with van der Waals surface area (Å²) >= 11 is 0. The number of methoxy groups -OCH3 is 2. The van der Waals surface area contributed by atoms with Crippen molar-refractivity contribution in [3.05, 3.63) is 59.9 Å². The molecule has 0 aliphatic carbocycles. The van der Waals surface area contributed by atoms with E-state index in [4.69, 9.17) is 18.6 Å². The van der Waals surface area contributed by atoms with E-state index in [2.05, 4.69) is 5.32 Å². The standard InChI is InChI=1S/C23H25NO6/c1-15(20-13-17-6-4-5-7-18(17)30-20)24-22(25)14-29-23(26)11-9-16-8-10-19(27-2)21(12-16)28-3/h4-8,10,12-13,15H,9,11,14H2,1-3H3,(H,24,25)/t15-/m0/s1. The SMILES string of the molecule is COc1ccc(CCC(=O)OCC(=O)N[C@@H](C)c2cc3ccccc3o2)cc1OC. The van der Waals surface area contributed by atoms with E-state index in [0.717, 1.165) is 16.5 Å². The summed E-state index contributed by atoms with van der Waals surface area (Å²) in [5.74, 6) is 1.03. The second kappa shape index (κ2) is 9.82. The van der Waals surface area contributed by atoms with E-state index in [0.29, 0.717) is 23.7 Å².